The van der Waals surface area contributed by atoms with Crippen molar-refractivity contribution in [3.05, 3.63) is 54.0 Å². The van der Waals surface area contributed by atoms with Gasteiger partial charge in [-0.15, -0.1) is 0 Å². The first-order chi connectivity index (χ1) is 8.18. The Balaban J connectivity index is 2.22. The van der Waals surface area contributed by atoms with Gasteiger partial charge in [0.05, 0.1) is 6.26 Å². The zero-order valence-corrected chi connectivity index (χ0v) is 9.51. The van der Waals surface area contributed by atoms with Crippen LogP contribution in [0.5, 0.6) is 0 Å². The molecule has 88 valence electrons. The molecule has 1 aromatic carbocycles. The molecule has 0 aliphatic heterocycles. The van der Waals surface area contributed by atoms with E-state index in [9.17, 15) is 4.79 Å². The van der Waals surface area contributed by atoms with Gasteiger partial charge in [-0.1, -0.05) is 18.2 Å². The van der Waals surface area contributed by atoms with Crippen molar-refractivity contribution in [2.45, 2.75) is 13.0 Å². The highest BCUT2D eigenvalue weighted by atomic mass is 16.3. The summed E-state index contributed by atoms with van der Waals surface area (Å²) in [5.74, 6) is 0.00702. The fourth-order valence-corrected chi connectivity index (χ4v) is 1.60. The second kappa shape index (κ2) is 4.84. The molecule has 0 saturated carbocycles. The maximum atomic E-state index is 11.8. The minimum atomic E-state index is -0.275. The van der Waals surface area contributed by atoms with Gasteiger partial charge < -0.3 is 15.5 Å². The lowest BCUT2D eigenvalue weighted by Crippen LogP contribution is -2.15. The highest BCUT2D eigenvalue weighted by molar-refractivity contribution is 6.02. The molecule has 0 spiro atoms. The van der Waals surface area contributed by atoms with Gasteiger partial charge in [0, 0.05) is 11.7 Å². The Kier molecular flexibility index (Phi) is 3.25. The number of rotatable bonds is 3. The number of hydrogen-bond acceptors (Lipinski definition) is 3. The number of benzene rings is 1. The standard InChI is InChI=1S/C13H14N2O2/c1-9(14)10-5-2-3-6-11(10)15-13(16)12-7-4-8-17-12/h2-9H,14H2,1H3,(H,15,16). The molecular formula is C13H14N2O2. The van der Waals surface area contributed by atoms with Crippen molar-refractivity contribution in [2.75, 3.05) is 5.32 Å². The quantitative estimate of drug-likeness (QED) is 0.851. The number of carbonyl (C=O) groups is 1. The summed E-state index contributed by atoms with van der Waals surface area (Å²) >= 11 is 0. The zero-order valence-electron chi connectivity index (χ0n) is 9.51. The van der Waals surface area contributed by atoms with E-state index in [1.165, 1.54) is 6.26 Å². The number of nitrogens with one attached hydrogen (secondary N) is 1. The molecule has 2 aromatic rings. The van der Waals surface area contributed by atoms with Crippen LogP contribution in [0.3, 0.4) is 0 Å². The maximum absolute atomic E-state index is 11.8. The second-order valence-electron chi connectivity index (χ2n) is 3.81. The Morgan fingerprint density at radius 1 is 1.29 bits per heavy atom. The van der Waals surface area contributed by atoms with Gasteiger partial charge in [0.25, 0.3) is 5.91 Å². The molecule has 1 atom stereocenters. The first-order valence-corrected chi connectivity index (χ1v) is 5.38. The minimum Gasteiger partial charge on any atom is -0.459 e. The Hall–Kier alpha value is -2.07. The monoisotopic (exact) mass is 230 g/mol. The van der Waals surface area contributed by atoms with Crippen LogP contribution in [-0.2, 0) is 0 Å². The topological polar surface area (TPSA) is 68.3 Å². The van der Waals surface area contributed by atoms with Gasteiger partial charge in [0.1, 0.15) is 0 Å². The van der Waals surface area contributed by atoms with Crippen molar-refractivity contribution in [1.82, 2.24) is 0 Å². The van der Waals surface area contributed by atoms with Gasteiger partial charge in [-0.2, -0.15) is 0 Å². The van der Waals surface area contributed by atoms with Crippen molar-refractivity contribution in [1.29, 1.82) is 0 Å². The summed E-state index contributed by atoms with van der Waals surface area (Å²) in [5, 5.41) is 2.78. The molecule has 0 radical (unpaired) electrons. The van der Waals surface area contributed by atoms with Gasteiger partial charge in [-0.25, -0.2) is 0 Å². The molecule has 0 saturated heterocycles. The van der Waals surface area contributed by atoms with E-state index in [0.717, 1.165) is 5.56 Å². The molecule has 1 heterocycles. The Morgan fingerprint density at radius 2 is 2.06 bits per heavy atom. The third kappa shape index (κ3) is 2.54. The molecule has 2 rings (SSSR count). The third-order valence-electron chi connectivity index (χ3n) is 2.44. The molecule has 0 aliphatic rings. The van der Waals surface area contributed by atoms with Gasteiger partial charge in [-0.05, 0) is 30.7 Å². The van der Waals surface area contributed by atoms with Crippen LogP contribution in [0.2, 0.25) is 0 Å². The lowest BCUT2D eigenvalue weighted by molar-refractivity contribution is 0.0996. The second-order valence-corrected chi connectivity index (χ2v) is 3.81. The molecule has 0 fully saturated rings. The van der Waals surface area contributed by atoms with E-state index in [-0.39, 0.29) is 17.7 Å². The van der Waals surface area contributed by atoms with Crippen molar-refractivity contribution >= 4 is 11.6 Å². The van der Waals surface area contributed by atoms with Crippen LogP contribution in [0.25, 0.3) is 0 Å². The first kappa shape index (κ1) is 11.4. The number of furan rings is 1. The molecule has 17 heavy (non-hydrogen) atoms. The van der Waals surface area contributed by atoms with Crippen LogP contribution in [0, 0.1) is 0 Å². The lowest BCUT2D eigenvalue weighted by atomic mass is 10.1. The molecule has 0 aliphatic carbocycles. The molecule has 3 N–H and O–H groups in total. The van der Waals surface area contributed by atoms with Crippen LogP contribution in [0.15, 0.2) is 47.1 Å². The van der Waals surface area contributed by atoms with Crippen LogP contribution >= 0.6 is 0 Å². The largest absolute Gasteiger partial charge is 0.459 e. The summed E-state index contributed by atoms with van der Waals surface area (Å²) in [6.07, 6.45) is 1.46. The van der Waals surface area contributed by atoms with Crippen molar-refractivity contribution in [3.63, 3.8) is 0 Å². The van der Waals surface area contributed by atoms with Gasteiger partial charge >= 0.3 is 0 Å². The van der Waals surface area contributed by atoms with E-state index >= 15 is 0 Å². The summed E-state index contributed by atoms with van der Waals surface area (Å²) < 4.78 is 5.02. The molecule has 0 bridgehead atoms. The highest BCUT2D eigenvalue weighted by Crippen LogP contribution is 2.21. The molecular weight excluding hydrogens is 216 g/mol. The summed E-state index contributed by atoms with van der Waals surface area (Å²) in [6, 6.07) is 10.6. The summed E-state index contributed by atoms with van der Waals surface area (Å²) in [4.78, 5) is 11.8. The van der Waals surface area contributed by atoms with E-state index < -0.39 is 0 Å². The maximum Gasteiger partial charge on any atom is 0.291 e. The smallest absolute Gasteiger partial charge is 0.291 e. The van der Waals surface area contributed by atoms with Crippen molar-refractivity contribution in [2.24, 2.45) is 5.73 Å². The summed E-state index contributed by atoms with van der Waals surface area (Å²) in [7, 11) is 0. The number of hydrogen-bond donors (Lipinski definition) is 2. The molecule has 4 heteroatoms. The lowest BCUT2D eigenvalue weighted by Gasteiger charge is -2.12. The average Bonchev–Trinajstić information content (AvgIpc) is 2.83. The van der Waals surface area contributed by atoms with Crippen LogP contribution in [0.1, 0.15) is 29.1 Å². The molecule has 4 nitrogen and oxygen atoms in total. The number of carbonyl (C=O) groups excluding carboxylic acids is 1. The highest BCUT2D eigenvalue weighted by Gasteiger charge is 2.12. The predicted molar refractivity (Wildman–Crippen MR) is 65.7 cm³/mol. The minimum absolute atomic E-state index is 0.136. The van der Waals surface area contributed by atoms with E-state index in [4.69, 9.17) is 10.2 Å². The van der Waals surface area contributed by atoms with Crippen molar-refractivity contribution in [3.8, 4) is 0 Å². The number of anilines is 1. The predicted octanol–water partition coefficient (Wildman–Crippen LogP) is 2.55. The number of amides is 1. The molecule has 1 amide bonds. The summed E-state index contributed by atoms with van der Waals surface area (Å²) in [5.41, 5.74) is 7.44. The van der Waals surface area contributed by atoms with E-state index in [0.29, 0.717) is 5.69 Å². The fraction of sp³-hybridized carbons (Fsp3) is 0.154. The van der Waals surface area contributed by atoms with E-state index in [1.54, 1.807) is 12.1 Å². The average molecular weight is 230 g/mol. The Bertz CT molecular complexity index is 504. The van der Waals surface area contributed by atoms with Crippen molar-refractivity contribution < 1.29 is 9.21 Å². The molecule has 1 unspecified atom stereocenters. The van der Waals surface area contributed by atoms with Crippen LogP contribution in [-0.4, -0.2) is 5.91 Å². The number of para-hydroxylation sites is 1. The number of nitrogens with two attached hydrogens (primary N) is 1. The van der Waals surface area contributed by atoms with Gasteiger partial charge in [-0.3, -0.25) is 4.79 Å². The van der Waals surface area contributed by atoms with E-state index in [2.05, 4.69) is 5.32 Å². The van der Waals surface area contributed by atoms with E-state index in [1.807, 2.05) is 31.2 Å². The fourth-order valence-electron chi connectivity index (χ4n) is 1.60. The normalized spacial score (nSPS) is 12.1. The Morgan fingerprint density at radius 3 is 2.71 bits per heavy atom. The Labute approximate surface area is 99.4 Å². The SMILES string of the molecule is CC(N)c1ccccc1NC(=O)c1ccco1. The third-order valence-corrected chi connectivity index (χ3v) is 2.44. The first-order valence-electron chi connectivity index (χ1n) is 5.38. The van der Waals surface area contributed by atoms with Gasteiger partial charge in [0.2, 0.25) is 0 Å². The van der Waals surface area contributed by atoms with Gasteiger partial charge in [0.15, 0.2) is 5.76 Å². The zero-order chi connectivity index (χ0) is 12.3. The van der Waals surface area contributed by atoms with Crippen LogP contribution in [0.4, 0.5) is 5.69 Å². The van der Waals surface area contributed by atoms with Crippen LogP contribution < -0.4 is 11.1 Å². The molecule has 1 aromatic heterocycles. The summed E-state index contributed by atoms with van der Waals surface area (Å²) in [6.45, 7) is 1.87.